The maximum absolute atomic E-state index is 11.7. The van der Waals surface area contributed by atoms with Crippen molar-refractivity contribution in [1.29, 1.82) is 0 Å². The Morgan fingerprint density at radius 3 is 2.55 bits per heavy atom. The van der Waals surface area contributed by atoms with Gasteiger partial charge in [0.25, 0.3) is 0 Å². The fraction of sp³-hybridized carbons (Fsp3) is 0.429. The van der Waals surface area contributed by atoms with Crippen molar-refractivity contribution in [2.75, 3.05) is 27.3 Å². The van der Waals surface area contributed by atoms with Gasteiger partial charge in [0.2, 0.25) is 5.91 Å². The molecule has 0 aromatic heterocycles. The Labute approximate surface area is 118 Å². The van der Waals surface area contributed by atoms with E-state index in [1.807, 2.05) is 30.3 Å². The van der Waals surface area contributed by atoms with E-state index in [0.29, 0.717) is 13.2 Å². The summed E-state index contributed by atoms with van der Waals surface area (Å²) < 4.78 is 9.92. The molecule has 0 radical (unpaired) electrons. The van der Waals surface area contributed by atoms with Gasteiger partial charge in [-0.05, 0) is 26.1 Å². The molecule has 0 fully saturated rings. The smallest absolute Gasteiger partial charge is 0.413 e. The van der Waals surface area contributed by atoms with E-state index in [0.717, 1.165) is 5.75 Å². The highest BCUT2D eigenvalue weighted by Crippen LogP contribution is 2.08. The van der Waals surface area contributed by atoms with E-state index in [1.165, 1.54) is 7.11 Å². The van der Waals surface area contributed by atoms with Gasteiger partial charge in [0, 0.05) is 6.54 Å². The van der Waals surface area contributed by atoms with E-state index in [2.05, 4.69) is 10.1 Å². The fourth-order valence-corrected chi connectivity index (χ4v) is 1.47. The number of benzene rings is 1. The number of likely N-dealkylation sites (N-methyl/N-ethyl adjacent to an activating group) is 1. The second kappa shape index (κ2) is 8.16. The average Bonchev–Trinajstić information content (AvgIpc) is 2.47. The first kappa shape index (κ1) is 16.0. The highest BCUT2D eigenvalue weighted by molar-refractivity contribution is 5.94. The minimum absolute atomic E-state index is 0.404. The molecule has 20 heavy (non-hydrogen) atoms. The number of carbonyl (C=O) groups is 2. The van der Waals surface area contributed by atoms with Crippen molar-refractivity contribution in [2.24, 2.45) is 0 Å². The normalized spacial score (nSPS) is 11.8. The number of methoxy groups -OCH3 is 1. The van der Waals surface area contributed by atoms with Gasteiger partial charge in [-0.3, -0.25) is 15.0 Å². The number of amides is 2. The van der Waals surface area contributed by atoms with E-state index >= 15 is 0 Å². The summed E-state index contributed by atoms with van der Waals surface area (Å²) in [6, 6.07) is 8.99. The molecular formula is C14H20N2O4. The lowest BCUT2D eigenvalue weighted by molar-refractivity contribution is -0.124. The lowest BCUT2D eigenvalue weighted by atomic mass is 10.3. The number of alkyl carbamates (subject to hydrolysis) is 1. The molecule has 0 bridgehead atoms. The predicted octanol–water partition coefficient (Wildman–Crippen LogP) is 1.27. The molecule has 0 saturated heterocycles. The lowest BCUT2D eigenvalue weighted by Gasteiger charge is -2.23. The van der Waals surface area contributed by atoms with Gasteiger partial charge in [0.1, 0.15) is 12.4 Å². The molecule has 0 spiro atoms. The van der Waals surface area contributed by atoms with Crippen molar-refractivity contribution < 1.29 is 19.1 Å². The first-order valence-electron chi connectivity index (χ1n) is 6.31. The zero-order valence-electron chi connectivity index (χ0n) is 12.0. The molecule has 0 aliphatic carbocycles. The van der Waals surface area contributed by atoms with Crippen LogP contribution in [0.3, 0.4) is 0 Å². The molecular weight excluding hydrogens is 260 g/mol. The second-order valence-electron chi connectivity index (χ2n) is 4.30. The minimum Gasteiger partial charge on any atom is -0.492 e. The molecule has 0 unspecified atom stereocenters. The van der Waals surface area contributed by atoms with Gasteiger partial charge in [-0.2, -0.15) is 0 Å². The Bertz CT molecular complexity index is 436. The molecule has 1 atom stereocenters. The fourth-order valence-electron chi connectivity index (χ4n) is 1.47. The number of nitrogens with one attached hydrogen (secondary N) is 1. The van der Waals surface area contributed by atoms with E-state index in [-0.39, 0.29) is 0 Å². The Balaban J connectivity index is 2.32. The summed E-state index contributed by atoms with van der Waals surface area (Å²) >= 11 is 0. The van der Waals surface area contributed by atoms with Crippen LogP contribution in [0.25, 0.3) is 0 Å². The largest absolute Gasteiger partial charge is 0.492 e. The van der Waals surface area contributed by atoms with Gasteiger partial charge in [-0.15, -0.1) is 0 Å². The molecule has 6 heteroatoms. The van der Waals surface area contributed by atoms with E-state index < -0.39 is 18.0 Å². The number of rotatable bonds is 6. The number of imide groups is 1. The molecule has 2 amide bonds. The zero-order valence-corrected chi connectivity index (χ0v) is 12.0. The summed E-state index contributed by atoms with van der Waals surface area (Å²) in [4.78, 5) is 24.4. The Morgan fingerprint density at radius 1 is 1.30 bits per heavy atom. The van der Waals surface area contributed by atoms with Gasteiger partial charge >= 0.3 is 6.09 Å². The van der Waals surface area contributed by atoms with Crippen LogP contribution in [-0.2, 0) is 9.53 Å². The third kappa shape index (κ3) is 5.27. The lowest BCUT2D eigenvalue weighted by Crippen LogP contribution is -2.46. The van der Waals surface area contributed by atoms with Crippen LogP contribution in [0.15, 0.2) is 30.3 Å². The van der Waals surface area contributed by atoms with E-state index in [9.17, 15) is 9.59 Å². The van der Waals surface area contributed by atoms with Crippen molar-refractivity contribution in [3.05, 3.63) is 30.3 Å². The number of hydrogen-bond donors (Lipinski definition) is 1. The Morgan fingerprint density at radius 2 is 1.95 bits per heavy atom. The highest BCUT2D eigenvalue weighted by Gasteiger charge is 2.20. The maximum Gasteiger partial charge on any atom is 0.413 e. The summed E-state index contributed by atoms with van der Waals surface area (Å²) in [6.45, 7) is 2.72. The summed E-state index contributed by atoms with van der Waals surface area (Å²) in [6.07, 6.45) is -0.754. The monoisotopic (exact) mass is 280 g/mol. The third-order valence-corrected chi connectivity index (χ3v) is 2.91. The van der Waals surface area contributed by atoms with Crippen molar-refractivity contribution in [3.8, 4) is 5.75 Å². The van der Waals surface area contributed by atoms with E-state index in [1.54, 1.807) is 18.9 Å². The number of hydrogen-bond acceptors (Lipinski definition) is 5. The van der Waals surface area contributed by atoms with Crippen LogP contribution < -0.4 is 10.1 Å². The molecule has 6 nitrogen and oxygen atoms in total. The number of carbonyl (C=O) groups excluding carboxylic acids is 2. The molecule has 1 aromatic rings. The summed E-state index contributed by atoms with van der Waals surface area (Å²) in [5.74, 6) is 0.381. The number of para-hydroxylation sites is 1. The molecule has 0 heterocycles. The quantitative estimate of drug-likeness (QED) is 0.850. The Kier molecular flexibility index (Phi) is 6.52. The van der Waals surface area contributed by atoms with Crippen LogP contribution in [0.5, 0.6) is 5.75 Å². The minimum atomic E-state index is -0.754. The van der Waals surface area contributed by atoms with Crippen LogP contribution in [-0.4, -0.2) is 50.3 Å². The van der Waals surface area contributed by atoms with Gasteiger partial charge < -0.3 is 9.47 Å². The molecule has 0 aliphatic heterocycles. The molecule has 0 saturated carbocycles. The number of nitrogens with zero attached hydrogens (tertiary/aromatic N) is 1. The molecule has 110 valence electrons. The van der Waals surface area contributed by atoms with Crippen LogP contribution in [0.2, 0.25) is 0 Å². The van der Waals surface area contributed by atoms with Gasteiger partial charge in [-0.25, -0.2) is 4.79 Å². The predicted molar refractivity (Wildman–Crippen MR) is 74.6 cm³/mol. The first-order valence-corrected chi connectivity index (χ1v) is 6.31. The maximum atomic E-state index is 11.7. The molecule has 1 aromatic carbocycles. The van der Waals surface area contributed by atoms with Crippen molar-refractivity contribution in [3.63, 3.8) is 0 Å². The summed E-state index contributed by atoms with van der Waals surface area (Å²) in [7, 11) is 3.00. The average molecular weight is 280 g/mol. The van der Waals surface area contributed by atoms with E-state index in [4.69, 9.17) is 4.74 Å². The Hall–Kier alpha value is -2.08. The van der Waals surface area contributed by atoms with Crippen LogP contribution in [0.4, 0.5) is 4.79 Å². The van der Waals surface area contributed by atoms with Gasteiger partial charge in [-0.1, -0.05) is 18.2 Å². The highest BCUT2D eigenvalue weighted by atomic mass is 16.5. The SMILES string of the molecule is COC(=O)NC(=O)[C@@H](C)N(C)CCOc1ccccc1. The second-order valence-corrected chi connectivity index (χ2v) is 4.30. The molecule has 0 aliphatic rings. The standard InChI is InChI=1S/C14H20N2O4/c1-11(13(17)15-14(18)19-3)16(2)9-10-20-12-7-5-4-6-8-12/h4-8,11H,9-10H2,1-3H3,(H,15,17,18)/t11-/m1/s1. The van der Waals surface area contributed by atoms with Crippen molar-refractivity contribution in [1.82, 2.24) is 10.2 Å². The summed E-state index contributed by atoms with van der Waals surface area (Å²) in [5, 5.41) is 2.14. The van der Waals surface area contributed by atoms with Gasteiger partial charge in [0.05, 0.1) is 13.2 Å². The first-order chi connectivity index (χ1) is 9.54. The van der Waals surface area contributed by atoms with Crippen LogP contribution in [0, 0.1) is 0 Å². The van der Waals surface area contributed by atoms with Crippen molar-refractivity contribution >= 4 is 12.0 Å². The molecule has 1 N–H and O–H groups in total. The van der Waals surface area contributed by atoms with Crippen molar-refractivity contribution in [2.45, 2.75) is 13.0 Å². The van der Waals surface area contributed by atoms with Crippen LogP contribution >= 0.6 is 0 Å². The van der Waals surface area contributed by atoms with Gasteiger partial charge in [0.15, 0.2) is 0 Å². The summed E-state index contributed by atoms with van der Waals surface area (Å²) in [5.41, 5.74) is 0. The zero-order chi connectivity index (χ0) is 15.0. The number of ether oxygens (including phenoxy) is 2. The third-order valence-electron chi connectivity index (χ3n) is 2.91. The van der Waals surface area contributed by atoms with Crippen LogP contribution in [0.1, 0.15) is 6.92 Å². The molecule has 1 rings (SSSR count). The topological polar surface area (TPSA) is 67.9 Å².